The lowest BCUT2D eigenvalue weighted by atomic mass is 10.0. The Kier molecular flexibility index (Phi) is 5.22. The highest BCUT2D eigenvalue weighted by atomic mass is 16.4. The summed E-state index contributed by atoms with van der Waals surface area (Å²) < 4.78 is 4.92. The second kappa shape index (κ2) is 6.45. The Morgan fingerprint density at radius 2 is 2.24 bits per heavy atom. The first kappa shape index (κ1) is 13.8. The lowest BCUT2D eigenvalue weighted by molar-refractivity contribution is 0.0660. The van der Waals surface area contributed by atoms with Crippen LogP contribution in [-0.4, -0.2) is 17.1 Å². The van der Waals surface area contributed by atoms with E-state index in [1.165, 1.54) is 6.26 Å². The summed E-state index contributed by atoms with van der Waals surface area (Å²) >= 11 is 0. The van der Waals surface area contributed by atoms with Gasteiger partial charge in [0.2, 0.25) is 5.76 Å². The summed E-state index contributed by atoms with van der Waals surface area (Å²) in [7, 11) is 0. The summed E-state index contributed by atoms with van der Waals surface area (Å²) in [6, 6.07) is 2.08. The Balaban J connectivity index is 2.44. The molecular formula is C13H21NO3. The van der Waals surface area contributed by atoms with Gasteiger partial charge in [-0.2, -0.15) is 0 Å². The predicted octanol–water partition coefficient (Wildman–Crippen LogP) is 2.89. The molecule has 0 aliphatic carbocycles. The standard InChI is InChI=1S/C13H21NO3/c1-4-9(2)7-10(3)14-8-11-5-6-17-12(11)13(15)16/h5-6,9-10,14H,4,7-8H2,1-3H3,(H,15,16). The summed E-state index contributed by atoms with van der Waals surface area (Å²) in [5.41, 5.74) is 0.702. The minimum absolute atomic E-state index is 0.0354. The van der Waals surface area contributed by atoms with Gasteiger partial charge in [-0.3, -0.25) is 0 Å². The van der Waals surface area contributed by atoms with Crippen molar-refractivity contribution in [2.45, 2.75) is 46.2 Å². The second-order valence-electron chi connectivity index (χ2n) is 4.61. The molecule has 2 N–H and O–H groups in total. The molecule has 0 fully saturated rings. The molecule has 0 saturated carbocycles. The van der Waals surface area contributed by atoms with E-state index in [4.69, 9.17) is 9.52 Å². The summed E-state index contributed by atoms with van der Waals surface area (Å²) in [5, 5.41) is 12.2. The van der Waals surface area contributed by atoms with Gasteiger partial charge in [-0.25, -0.2) is 4.79 Å². The van der Waals surface area contributed by atoms with E-state index in [0.717, 1.165) is 12.8 Å². The molecule has 0 bridgehead atoms. The van der Waals surface area contributed by atoms with Gasteiger partial charge in [0.25, 0.3) is 0 Å². The fourth-order valence-corrected chi connectivity index (χ4v) is 1.80. The van der Waals surface area contributed by atoms with Crippen LogP contribution in [0, 0.1) is 5.92 Å². The van der Waals surface area contributed by atoms with Gasteiger partial charge in [-0.05, 0) is 25.3 Å². The third-order valence-electron chi connectivity index (χ3n) is 3.03. The molecule has 0 amide bonds. The maximum absolute atomic E-state index is 10.8. The van der Waals surface area contributed by atoms with Crippen LogP contribution in [0.25, 0.3) is 0 Å². The first-order chi connectivity index (χ1) is 8.04. The number of furan rings is 1. The Morgan fingerprint density at radius 1 is 1.53 bits per heavy atom. The van der Waals surface area contributed by atoms with Crippen LogP contribution in [-0.2, 0) is 6.54 Å². The summed E-state index contributed by atoms with van der Waals surface area (Å²) in [6.07, 6.45) is 3.68. The first-order valence-corrected chi connectivity index (χ1v) is 6.07. The molecule has 2 atom stereocenters. The van der Waals surface area contributed by atoms with E-state index in [1.807, 2.05) is 0 Å². The summed E-state index contributed by atoms with van der Waals surface area (Å²) in [6.45, 7) is 7.05. The Bertz CT molecular complexity index is 359. The fraction of sp³-hybridized carbons (Fsp3) is 0.615. The molecule has 0 aromatic carbocycles. The van der Waals surface area contributed by atoms with Crippen molar-refractivity contribution in [2.24, 2.45) is 5.92 Å². The van der Waals surface area contributed by atoms with Crippen molar-refractivity contribution in [1.29, 1.82) is 0 Å². The van der Waals surface area contributed by atoms with Crippen LogP contribution < -0.4 is 5.32 Å². The van der Waals surface area contributed by atoms with Gasteiger partial charge in [0.05, 0.1) is 6.26 Å². The van der Waals surface area contributed by atoms with Gasteiger partial charge in [-0.15, -0.1) is 0 Å². The zero-order chi connectivity index (χ0) is 12.8. The van der Waals surface area contributed by atoms with E-state index in [9.17, 15) is 4.79 Å². The molecule has 1 heterocycles. The smallest absolute Gasteiger partial charge is 0.372 e. The lowest BCUT2D eigenvalue weighted by Crippen LogP contribution is -2.27. The van der Waals surface area contributed by atoms with Crippen molar-refractivity contribution in [1.82, 2.24) is 5.32 Å². The van der Waals surface area contributed by atoms with Crippen molar-refractivity contribution in [3.8, 4) is 0 Å². The van der Waals surface area contributed by atoms with E-state index in [2.05, 4.69) is 26.1 Å². The highest BCUT2D eigenvalue weighted by Gasteiger charge is 2.14. The number of carboxylic acids is 1. The molecule has 0 spiro atoms. The van der Waals surface area contributed by atoms with Crippen molar-refractivity contribution in [3.63, 3.8) is 0 Å². The molecule has 1 aromatic heterocycles. The lowest BCUT2D eigenvalue weighted by Gasteiger charge is -2.17. The van der Waals surface area contributed by atoms with Gasteiger partial charge >= 0.3 is 5.97 Å². The van der Waals surface area contributed by atoms with Crippen LogP contribution in [0.2, 0.25) is 0 Å². The van der Waals surface area contributed by atoms with Gasteiger partial charge < -0.3 is 14.8 Å². The topological polar surface area (TPSA) is 62.5 Å². The Morgan fingerprint density at radius 3 is 2.82 bits per heavy atom. The molecule has 0 radical (unpaired) electrons. The van der Waals surface area contributed by atoms with Gasteiger partial charge in [0, 0.05) is 18.2 Å². The SMILES string of the molecule is CCC(C)CC(C)NCc1ccoc1C(=O)O. The molecule has 17 heavy (non-hydrogen) atoms. The van der Waals surface area contributed by atoms with Crippen molar-refractivity contribution in [3.05, 3.63) is 23.7 Å². The van der Waals surface area contributed by atoms with Crippen LogP contribution in [0.5, 0.6) is 0 Å². The van der Waals surface area contributed by atoms with E-state index >= 15 is 0 Å². The Labute approximate surface area is 102 Å². The zero-order valence-corrected chi connectivity index (χ0v) is 10.7. The molecule has 1 rings (SSSR count). The van der Waals surface area contributed by atoms with E-state index in [1.54, 1.807) is 6.07 Å². The molecule has 1 aromatic rings. The van der Waals surface area contributed by atoms with Gasteiger partial charge in [0.15, 0.2) is 0 Å². The number of carboxylic acid groups (broad SMARTS) is 1. The van der Waals surface area contributed by atoms with Crippen LogP contribution in [0.1, 0.15) is 49.7 Å². The van der Waals surface area contributed by atoms with Crippen LogP contribution in [0.4, 0.5) is 0 Å². The average Bonchev–Trinajstić information content (AvgIpc) is 2.74. The number of carbonyl (C=O) groups is 1. The number of nitrogens with one attached hydrogen (secondary N) is 1. The molecule has 4 heteroatoms. The predicted molar refractivity (Wildman–Crippen MR) is 66.0 cm³/mol. The Hall–Kier alpha value is -1.29. The summed E-state index contributed by atoms with van der Waals surface area (Å²) in [5.74, 6) is -0.296. The highest BCUT2D eigenvalue weighted by molar-refractivity contribution is 5.86. The molecule has 4 nitrogen and oxygen atoms in total. The molecule has 2 unspecified atom stereocenters. The number of hydrogen-bond donors (Lipinski definition) is 2. The quantitative estimate of drug-likeness (QED) is 0.768. The average molecular weight is 239 g/mol. The minimum Gasteiger partial charge on any atom is -0.475 e. The number of rotatable bonds is 7. The molecular weight excluding hydrogens is 218 g/mol. The molecule has 0 aliphatic rings. The fourth-order valence-electron chi connectivity index (χ4n) is 1.80. The van der Waals surface area contributed by atoms with Crippen LogP contribution in [0.3, 0.4) is 0 Å². The van der Waals surface area contributed by atoms with Crippen molar-refractivity contribution < 1.29 is 14.3 Å². The minimum atomic E-state index is -1.01. The third-order valence-corrected chi connectivity index (χ3v) is 3.03. The summed E-state index contributed by atoms with van der Waals surface area (Å²) in [4.78, 5) is 10.8. The monoisotopic (exact) mass is 239 g/mol. The highest BCUT2D eigenvalue weighted by Crippen LogP contribution is 2.13. The molecule has 0 aliphatic heterocycles. The number of hydrogen-bond acceptors (Lipinski definition) is 3. The molecule has 0 saturated heterocycles. The number of aromatic carboxylic acids is 1. The first-order valence-electron chi connectivity index (χ1n) is 6.07. The maximum atomic E-state index is 10.8. The largest absolute Gasteiger partial charge is 0.475 e. The van der Waals surface area contributed by atoms with Gasteiger partial charge in [0.1, 0.15) is 0 Å². The second-order valence-corrected chi connectivity index (χ2v) is 4.61. The normalized spacial score (nSPS) is 14.5. The van der Waals surface area contributed by atoms with E-state index in [0.29, 0.717) is 24.1 Å². The van der Waals surface area contributed by atoms with Gasteiger partial charge in [-0.1, -0.05) is 20.3 Å². The van der Waals surface area contributed by atoms with E-state index < -0.39 is 5.97 Å². The van der Waals surface area contributed by atoms with Crippen LogP contribution >= 0.6 is 0 Å². The van der Waals surface area contributed by atoms with E-state index in [-0.39, 0.29) is 5.76 Å². The molecule has 96 valence electrons. The third kappa shape index (κ3) is 4.23. The zero-order valence-electron chi connectivity index (χ0n) is 10.7. The van der Waals surface area contributed by atoms with Crippen molar-refractivity contribution >= 4 is 5.97 Å². The maximum Gasteiger partial charge on any atom is 0.372 e. The van der Waals surface area contributed by atoms with Crippen LogP contribution in [0.15, 0.2) is 16.7 Å². The van der Waals surface area contributed by atoms with Crippen molar-refractivity contribution in [2.75, 3.05) is 0 Å².